The van der Waals surface area contributed by atoms with E-state index in [-0.39, 0.29) is 12.0 Å². The molecule has 112 valence electrons. The van der Waals surface area contributed by atoms with Gasteiger partial charge in [0.25, 0.3) is 10.0 Å². The molecule has 2 atom stereocenters. The van der Waals surface area contributed by atoms with Crippen LogP contribution in [0.2, 0.25) is 0 Å². The van der Waals surface area contributed by atoms with Crippen molar-refractivity contribution < 1.29 is 8.42 Å². The topological polar surface area (TPSA) is 37.4 Å². The van der Waals surface area contributed by atoms with Crippen LogP contribution in [0.15, 0.2) is 46.7 Å². The Morgan fingerprint density at radius 3 is 2.48 bits per heavy atom. The third-order valence-electron chi connectivity index (χ3n) is 4.20. The van der Waals surface area contributed by atoms with Gasteiger partial charge in [-0.2, -0.15) is 4.31 Å². The SMILES string of the molecule is Cc1ccc(S(=O)(=O)N2CCC(c3ccccc3)C2C)s1. The van der Waals surface area contributed by atoms with Gasteiger partial charge in [0.1, 0.15) is 4.21 Å². The molecule has 2 aromatic rings. The maximum Gasteiger partial charge on any atom is 0.252 e. The molecule has 0 aliphatic carbocycles. The normalized spacial score (nSPS) is 23.5. The van der Waals surface area contributed by atoms with Gasteiger partial charge >= 0.3 is 0 Å². The molecular weight excluding hydrogens is 302 g/mol. The number of thiophene rings is 1. The first-order valence-electron chi connectivity index (χ1n) is 7.13. The van der Waals surface area contributed by atoms with Gasteiger partial charge in [-0.05, 0) is 38.0 Å². The summed E-state index contributed by atoms with van der Waals surface area (Å²) >= 11 is 1.35. The highest BCUT2D eigenvalue weighted by Crippen LogP contribution is 2.37. The van der Waals surface area contributed by atoms with E-state index in [1.807, 2.05) is 38.1 Å². The van der Waals surface area contributed by atoms with E-state index in [0.717, 1.165) is 11.3 Å². The van der Waals surface area contributed by atoms with Crippen molar-refractivity contribution in [2.24, 2.45) is 0 Å². The number of nitrogens with zero attached hydrogens (tertiary/aromatic N) is 1. The summed E-state index contributed by atoms with van der Waals surface area (Å²) in [6.45, 7) is 4.55. The monoisotopic (exact) mass is 321 g/mol. The van der Waals surface area contributed by atoms with Gasteiger partial charge in [0.05, 0.1) is 0 Å². The van der Waals surface area contributed by atoms with Gasteiger partial charge < -0.3 is 0 Å². The summed E-state index contributed by atoms with van der Waals surface area (Å²) in [5, 5.41) is 0. The lowest BCUT2D eigenvalue weighted by atomic mass is 9.93. The Balaban J connectivity index is 1.88. The molecule has 1 aromatic carbocycles. The van der Waals surface area contributed by atoms with Crippen molar-refractivity contribution >= 4 is 21.4 Å². The van der Waals surface area contributed by atoms with Crippen LogP contribution < -0.4 is 0 Å². The van der Waals surface area contributed by atoms with Crippen molar-refractivity contribution in [3.63, 3.8) is 0 Å². The lowest BCUT2D eigenvalue weighted by Crippen LogP contribution is -2.35. The minimum absolute atomic E-state index is 0.000180. The molecule has 5 heteroatoms. The second-order valence-electron chi connectivity index (χ2n) is 5.53. The van der Waals surface area contributed by atoms with Gasteiger partial charge in [-0.1, -0.05) is 30.3 Å². The second kappa shape index (κ2) is 5.55. The van der Waals surface area contributed by atoms with Crippen molar-refractivity contribution in [3.05, 3.63) is 52.9 Å². The predicted octanol–water partition coefficient (Wildman–Crippen LogP) is 3.62. The Morgan fingerprint density at radius 2 is 1.86 bits per heavy atom. The van der Waals surface area contributed by atoms with Crippen LogP contribution in [0.4, 0.5) is 0 Å². The third kappa shape index (κ3) is 2.65. The Kier molecular flexibility index (Phi) is 3.90. The molecule has 2 unspecified atom stereocenters. The van der Waals surface area contributed by atoms with Gasteiger partial charge in [0, 0.05) is 23.4 Å². The second-order valence-corrected chi connectivity index (χ2v) is 8.93. The van der Waals surface area contributed by atoms with Gasteiger partial charge in [-0.3, -0.25) is 0 Å². The van der Waals surface area contributed by atoms with Crippen LogP contribution in [0.3, 0.4) is 0 Å². The molecule has 0 radical (unpaired) electrons. The molecule has 1 aromatic heterocycles. The molecule has 2 heterocycles. The van der Waals surface area contributed by atoms with E-state index in [1.165, 1.54) is 16.9 Å². The summed E-state index contributed by atoms with van der Waals surface area (Å²) in [5.41, 5.74) is 1.23. The van der Waals surface area contributed by atoms with Crippen LogP contribution in [-0.4, -0.2) is 25.3 Å². The first kappa shape index (κ1) is 14.8. The fourth-order valence-electron chi connectivity index (χ4n) is 3.06. The number of hydrogen-bond donors (Lipinski definition) is 0. The van der Waals surface area contributed by atoms with E-state index in [1.54, 1.807) is 10.4 Å². The number of sulfonamides is 1. The number of benzene rings is 1. The highest BCUT2D eigenvalue weighted by molar-refractivity contribution is 7.91. The molecule has 0 amide bonds. The van der Waals surface area contributed by atoms with Crippen LogP contribution in [-0.2, 0) is 10.0 Å². The molecule has 21 heavy (non-hydrogen) atoms. The van der Waals surface area contributed by atoms with Crippen LogP contribution >= 0.6 is 11.3 Å². The molecule has 1 saturated heterocycles. The van der Waals surface area contributed by atoms with Crippen LogP contribution in [0.5, 0.6) is 0 Å². The molecular formula is C16H19NO2S2. The highest BCUT2D eigenvalue weighted by Gasteiger charge is 2.39. The van der Waals surface area contributed by atoms with E-state index < -0.39 is 10.0 Å². The van der Waals surface area contributed by atoms with E-state index in [9.17, 15) is 8.42 Å². The largest absolute Gasteiger partial charge is 0.252 e. The zero-order chi connectivity index (χ0) is 15.0. The van der Waals surface area contributed by atoms with Gasteiger partial charge in [0.2, 0.25) is 0 Å². The first-order valence-corrected chi connectivity index (χ1v) is 9.39. The predicted molar refractivity (Wildman–Crippen MR) is 86.2 cm³/mol. The van der Waals surface area contributed by atoms with E-state index in [4.69, 9.17) is 0 Å². The zero-order valence-electron chi connectivity index (χ0n) is 12.2. The summed E-state index contributed by atoms with van der Waals surface area (Å²) < 4.78 is 27.7. The van der Waals surface area contributed by atoms with Crippen LogP contribution in [0.1, 0.15) is 29.7 Å². The van der Waals surface area contributed by atoms with Crippen LogP contribution in [0, 0.1) is 6.92 Å². The van der Waals surface area contributed by atoms with Gasteiger partial charge in [-0.15, -0.1) is 11.3 Å². The summed E-state index contributed by atoms with van der Waals surface area (Å²) in [6.07, 6.45) is 0.884. The molecule has 0 saturated carbocycles. The van der Waals surface area contributed by atoms with Crippen molar-refractivity contribution in [1.29, 1.82) is 0 Å². The van der Waals surface area contributed by atoms with Gasteiger partial charge in [0.15, 0.2) is 0 Å². The summed E-state index contributed by atoms with van der Waals surface area (Å²) in [4.78, 5) is 1.03. The summed E-state index contributed by atoms with van der Waals surface area (Å²) in [7, 11) is -3.36. The van der Waals surface area contributed by atoms with Crippen molar-refractivity contribution in [1.82, 2.24) is 4.31 Å². The minimum atomic E-state index is -3.36. The average Bonchev–Trinajstić information content (AvgIpc) is 3.06. The molecule has 1 aliphatic heterocycles. The van der Waals surface area contributed by atoms with Crippen LogP contribution in [0.25, 0.3) is 0 Å². The minimum Gasteiger partial charge on any atom is -0.206 e. The summed E-state index contributed by atoms with van der Waals surface area (Å²) in [6, 6.07) is 13.8. The number of aryl methyl sites for hydroxylation is 1. The molecule has 1 aliphatic rings. The fraction of sp³-hybridized carbons (Fsp3) is 0.375. The van der Waals surface area contributed by atoms with Crippen molar-refractivity contribution in [2.45, 2.75) is 36.4 Å². The van der Waals surface area contributed by atoms with Crippen molar-refractivity contribution in [3.8, 4) is 0 Å². The standard InChI is InChI=1S/C16H19NO2S2/c1-12-8-9-16(20-12)21(18,19)17-11-10-15(13(17)2)14-6-4-3-5-7-14/h3-9,13,15H,10-11H2,1-2H3. The highest BCUT2D eigenvalue weighted by atomic mass is 32.2. The molecule has 0 spiro atoms. The lowest BCUT2D eigenvalue weighted by Gasteiger charge is -2.23. The number of hydrogen-bond acceptors (Lipinski definition) is 3. The molecule has 3 nitrogen and oxygen atoms in total. The lowest BCUT2D eigenvalue weighted by molar-refractivity contribution is 0.394. The van der Waals surface area contributed by atoms with Gasteiger partial charge in [-0.25, -0.2) is 8.42 Å². The zero-order valence-corrected chi connectivity index (χ0v) is 13.8. The summed E-state index contributed by atoms with van der Waals surface area (Å²) in [5.74, 6) is 0.280. The smallest absolute Gasteiger partial charge is 0.206 e. The van der Waals surface area contributed by atoms with Crippen molar-refractivity contribution in [2.75, 3.05) is 6.54 Å². The fourth-order valence-corrected chi connectivity index (χ4v) is 6.16. The average molecular weight is 321 g/mol. The Bertz CT molecular complexity index is 722. The van der Waals surface area contributed by atoms with E-state index >= 15 is 0 Å². The Hall–Kier alpha value is -1.17. The van der Waals surface area contributed by atoms with E-state index in [2.05, 4.69) is 12.1 Å². The quantitative estimate of drug-likeness (QED) is 0.866. The Morgan fingerprint density at radius 1 is 1.14 bits per heavy atom. The molecule has 3 rings (SSSR count). The Labute approximate surface area is 130 Å². The maximum absolute atomic E-state index is 12.8. The van der Waals surface area contributed by atoms with E-state index in [0.29, 0.717) is 10.8 Å². The third-order valence-corrected chi connectivity index (χ3v) is 7.66. The molecule has 0 N–H and O–H groups in total. The molecule has 0 bridgehead atoms. The maximum atomic E-state index is 12.8. The first-order chi connectivity index (χ1) is 10.00. The molecule has 1 fully saturated rings. The number of rotatable bonds is 3.